The first-order valence-corrected chi connectivity index (χ1v) is 9.68. The van der Waals surface area contributed by atoms with E-state index in [9.17, 15) is 9.59 Å². The topological polar surface area (TPSA) is 67.2 Å². The Labute approximate surface area is 148 Å². The van der Waals surface area contributed by atoms with Gasteiger partial charge in [0.1, 0.15) is 5.69 Å². The third kappa shape index (κ3) is 2.68. The van der Waals surface area contributed by atoms with Crippen molar-refractivity contribution < 1.29 is 9.53 Å². The summed E-state index contributed by atoms with van der Waals surface area (Å²) in [5.74, 6) is 0.676. The molecule has 7 nitrogen and oxygen atoms in total. The smallest absolute Gasteiger partial charge is 0.274 e. The normalized spacial score (nSPS) is 27.4. The van der Waals surface area contributed by atoms with Crippen LogP contribution in [0, 0.1) is 5.92 Å². The van der Waals surface area contributed by atoms with Crippen molar-refractivity contribution >= 4 is 22.2 Å². The van der Waals surface area contributed by atoms with Gasteiger partial charge in [0.2, 0.25) is 0 Å². The molecule has 2 saturated heterocycles. The standard InChI is InChI=1S/C17H20N4O3S/c22-15-7-13(21-5-6-25-17(21)18-15)16(23)19-3-4-20-12(8-19)9-24-10-14(20)11-1-2-11/h5-7,11-12,14H,1-4,8-10H2/t12-,14-/m1/s1. The molecular weight excluding hydrogens is 340 g/mol. The number of morpholine rings is 1. The van der Waals surface area contributed by atoms with E-state index in [1.807, 2.05) is 10.3 Å². The van der Waals surface area contributed by atoms with Gasteiger partial charge in [0.05, 0.1) is 19.3 Å². The van der Waals surface area contributed by atoms with Gasteiger partial charge in [-0.05, 0) is 18.8 Å². The maximum atomic E-state index is 13.0. The molecule has 8 heteroatoms. The molecular formula is C17H20N4O3S. The van der Waals surface area contributed by atoms with E-state index in [1.54, 1.807) is 10.6 Å². The molecule has 2 aromatic heterocycles. The molecule has 4 heterocycles. The fraction of sp³-hybridized carbons (Fsp3) is 0.588. The van der Waals surface area contributed by atoms with Gasteiger partial charge in [0, 0.05) is 43.3 Å². The summed E-state index contributed by atoms with van der Waals surface area (Å²) in [4.78, 5) is 33.8. The molecule has 132 valence electrons. The highest BCUT2D eigenvalue weighted by Crippen LogP contribution is 2.38. The first kappa shape index (κ1) is 15.5. The summed E-state index contributed by atoms with van der Waals surface area (Å²) in [5, 5.41) is 1.84. The summed E-state index contributed by atoms with van der Waals surface area (Å²) in [6.45, 7) is 3.74. The second kappa shape index (κ2) is 5.89. The summed E-state index contributed by atoms with van der Waals surface area (Å²) >= 11 is 1.36. The summed E-state index contributed by atoms with van der Waals surface area (Å²) in [7, 11) is 0. The Morgan fingerprint density at radius 1 is 1.28 bits per heavy atom. The largest absolute Gasteiger partial charge is 0.378 e. The molecule has 3 aliphatic rings. The molecule has 0 spiro atoms. The highest BCUT2D eigenvalue weighted by atomic mass is 32.1. The fourth-order valence-electron chi connectivity index (χ4n) is 4.12. The van der Waals surface area contributed by atoms with E-state index in [0.717, 1.165) is 19.1 Å². The maximum Gasteiger partial charge on any atom is 0.274 e. The molecule has 2 aromatic rings. The van der Waals surface area contributed by atoms with Crippen molar-refractivity contribution in [2.45, 2.75) is 24.9 Å². The third-order valence-electron chi connectivity index (χ3n) is 5.54. The van der Waals surface area contributed by atoms with Crippen molar-refractivity contribution in [3.8, 4) is 0 Å². The Bertz CT molecular complexity index is 874. The van der Waals surface area contributed by atoms with E-state index in [-0.39, 0.29) is 17.5 Å². The van der Waals surface area contributed by atoms with E-state index < -0.39 is 0 Å². The number of nitrogens with zero attached hydrogens (tertiary/aromatic N) is 4. The molecule has 5 rings (SSSR count). The second-order valence-corrected chi connectivity index (χ2v) is 7.99. The average Bonchev–Trinajstić information content (AvgIpc) is 3.37. The number of ether oxygens (including phenoxy) is 1. The number of amides is 1. The van der Waals surface area contributed by atoms with Gasteiger partial charge in [-0.15, -0.1) is 11.3 Å². The molecule has 0 radical (unpaired) electrons. The van der Waals surface area contributed by atoms with E-state index in [4.69, 9.17) is 4.74 Å². The molecule has 1 aliphatic carbocycles. The van der Waals surface area contributed by atoms with E-state index >= 15 is 0 Å². The number of rotatable bonds is 2. The zero-order valence-electron chi connectivity index (χ0n) is 13.8. The average molecular weight is 360 g/mol. The van der Waals surface area contributed by atoms with Crippen LogP contribution in [0.2, 0.25) is 0 Å². The van der Waals surface area contributed by atoms with Crippen LogP contribution in [-0.2, 0) is 4.74 Å². The van der Waals surface area contributed by atoms with Crippen LogP contribution in [0.15, 0.2) is 22.4 Å². The summed E-state index contributed by atoms with van der Waals surface area (Å²) in [5.41, 5.74) is 0.0411. The molecule has 3 fully saturated rings. The SMILES string of the molecule is O=C(c1cc(=O)nc2sccn12)N1CCN2[C@@H](COC[C@@H]2C2CC2)C1. The van der Waals surface area contributed by atoms with Crippen LogP contribution in [0.3, 0.4) is 0 Å². The molecule has 25 heavy (non-hydrogen) atoms. The molecule has 1 amide bonds. The van der Waals surface area contributed by atoms with Gasteiger partial charge in [-0.2, -0.15) is 4.98 Å². The highest BCUT2D eigenvalue weighted by Gasteiger charge is 2.43. The molecule has 0 N–H and O–H groups in total. The highest BCUT2D eigenvalue weighted by molar-refractivity contribution is 7.15. The number of hydrogen-bond donors (Lipinski definition) is 0. The van der Waals surface area contributed by atoms with Crippen molar-refractivity contribution in [1.82, 2.24) is 19.2 Å². The summed E-state index contributed by atoms with van der Waals surface area (Å²) in [6, 6.07) is 2.12. The van der Waals surface area contributed by atoms with E-state index in [0.29, 0.717) is 36.4 Å². The van der Waals surface area contributed by atoms with Gasteiger partial charge in [0.25, 0.3) is 11.5 Å². The zero-order chi connectivity index (χ0) is 17.0. The first-order valence-electron chi connectivity index (χ1n) is 8.80. The van der Waals surface area contributed by atoms with Crippen molar-refractivity contribution in [3.05, 3.63) is 33.7 Å². The fourth-order valence-corrected chi connectivity index (χ4v) is 4.84. The summed E-state index contributed by atoms with van der Waals surface area (Å²) < 4.78 is 7.53. The van der Waals surface area contributed by atoms with Gasteiger partial charge in [0.15, 0.2) is 4.96 Å². The van der Waals surface area contributed by atoms with Crippen molar-refractivity contribution in [1.29, 1.82) is 0 Å². The monoisotopic (exact) mass is 360 g/mol. The quantitative estimate of drug-likeness (QED) is 0.788. The third-order valence-corrected chi connectivity index (χ3v) is 6.30. The lowest BCUT2D eigenvalue weighted by molar-refractivity contribution is -0.0817. The first-order chi connectivity index (χ1) is 12.2. The Kier molecular flexibility index (Phi) is 3.65. The number of piperazine rings is 1. The number of thiazole rings is 1. The Hall–Kier alpha value is -1.77. The van der Waals surface area contributed by atoms with E-state index in [1.165, 1.54) is 30.2 Å². The molecule has 1 saturated carbocycles. The van der Waals surface area contributed by atoms with Crippen LogP contribution in [0.25, 0.3) is 4.96 Å². The number of aromatic nitrogens is 2. The lowest BCUT2D eigenvalue weighted by Gasteiger charge is -2.48. The zero-order valence-corrected chi connectivity index (χ0v) is 14.7. The number of carbonyl (C=O) groups excluding carboxylic acids is 1. The molecule has 2 aliphatic heterocycles. The van der Waals surface area contributed by atoms with Crippen molar-refractivity contribution in [3.63, 3.8) is 0 Å². The Morgan fingerprint density at radius 2 is 2.16 bits per heavy atom. The van der Waals surface area contributed by atoms with Gasteiger partial charge < -0.3 is 9.64 Å². The minimum Gasteiger partial charge on any atom is -0.378 e. The minimum absolute atomic E-state index is 0.0962. The molecule has 0 bridgehead atoms. The van der Waals surface area contributed by atoms with Gasteiger partial charge >= 0.3 is 0 Å². The van der Waals surface area contributed by atoms with Crippen LogP contribution < -0.4 is 5.56 Å². The minimum atomic E-state index is -0.362. The predicted molar refractivity (Wildman–Crippen MR) is 93.1 cm³/mol. The summed E-state index contributed by atoms with van der Waals surface area (Å²) in [6.07, 6.45) is 4.40. The Morgan fingerprint density at radius 3 is 3.00 bits per heavy atom. The van der Waals surface area contributed by atoms with Crippen LogP contribution >= 0.6 is 11.3 Å². The molecule has 2 atom stereocenters. The van der Waals surface area contributed by atoms with Gasteiger partial charge in [-0.25, -0.2) is 0 Å². The van der Waals surface area contributed by atoms with E-state index in [2.05, 4.69) is 9.88 Å². The van der Waals surface area contributed by atoms with Crippen LogP contribution in [0.1, 0.15) is 23.3 Å². The van der Waals surface area contributed by atoms with Crippen LogP contribution in [-0.4, -0.2) is 70.0 Å². The van der Waals surface area contributed by atoms with Gasteiger partial charge in [-0.1, -0.05) is 0 Å². The van der Waals surface area contributed by atoms with Crippen molar-refractivity contribution in [2.75, 3.05) is 32.8 Å². The number of carbonyl (C=O) groups is 1. The molecule has 0 aromatic carbocycles. The lowest BCUT2D eigenvalue weighted by Crippen LogP contribution is -2.63. The second-order valence-electron chi connectivity index (χ2n) is 7.12. The lowest BCUT2D eigenvalue weighted by atomic mass is 10.0. The molecule has 0 unspecified atom stereocenters. The predicted octanol–water partition coefficient (Wildman–Crippen LogP) is 0.691. The number of hydrogen-bond acceptors (Lipinski definition) is 6. The Balaban J connectivity index is 1.39. The number of fused-ring (bicyclic) bond motifs is 2. The van der Waals surface area contributed by atoms with Crippen LogP contribution in [0.4, 0.5) is 0 Å². The van der Waals surface area contributed by atoms with Crippen LogP contribution in [0.5, 0.6) is 0 Å². The maximum absolute atomic E-state index is 13.0. The van der Waals surface area contributed by atoms with Gasteiger partial charge in [-0.3, -0.25) is 18.9 Å². The van der Waals surface area contributed by atoms with Crippen molar-refractivity contribution in [2.24, 2.45) is 5.92 Å².